The van der Waals surface area contributed by atoms with E-state index in [2.05, 4.69) is 15.5 Å². The number of rotatable bonds is 6. The fourth-order valence-corrected chi connectivity index (χ4v) is 3.61. The van der Waals surface area contributed by atoms with E-state index < -0.39 is 23.6 Å². The van der Waals surface area contributed by atoms with Crippen LogP contribution in [-0.2, 0) is 22.3 Å². The summed E-state index contributed by atoms with van der Waals surface area (Å²) >= 11 is 0. The lowest BCUT2D eigenvalue weighted by Gasteiger charge is -2.20. The maximum atomic E-state index is 13.0. The third-order valence-corrected chi connectivity index (χ3v) is 5.17. The topological polar surface area (TPSA) is 88.8 Å². The van der Waals surface area contributed by atoms with Gasteiger partial charge in [-0.25, -0.2) is 0 Å². The Hall–Kier alpha value is -3.63. The predicted octanol–water partition coefficient (Wildman–Crippen LogP) is 2.82. The van der Waals surface area contributed by atoms with Crippen molar-refractivity contribution in [1.29, 1.82) is 0 Å². The van der Waals surface area contributed by atoms with Gasteiger partial charge < -0.3 is 15.0 Å². The van der Waals surface area contributed by atoms with Crippen LogP contribution in [-0.4, -0.2) is 39.6 Å². The highest BCUT2D eigenvalue weighted by Gasteiger charge is 2.36. The molecule has 0 bridgehead atoms. The van der Waals surface area contributed by atoms with E-state index >= 15 is 0 Å². The third-order valence-electron chi connectivity index (χ3n) is 5.17. The molecule has 168 valence electrons. The monoisotopic (exact) mass is 447 g/mol. The van der Waals surface area contributed by atoms with E-state index in [1.165, 1.54) is 15.4 Å². The SMILES string of the molecule is CCOc1ccccc1N1C[C@H](C(=O)NCc2nnc3ccc(C(F)(F)F)cn23)CC1=O. The lowest BCUT2D eigenvalue weighted by Crippen LogP contribution is -2.33. The van der Waals surface area contributed by atoms with E-state index in [4.69, 9.17) is 4.74 Å². The predicted molar refractivity (Wildman–Crippen MR) is 108 cm³/mol. The van der Waals surface area contributed by atoms with Crippen LogP contribution in [0.15, 0.2) is 42.6 Å². The molecule has 0 spiro atoms. The first-order valence-corrected chi connectivity index (χ1v) is 9.98. The number of hydrogen-bond acceptors (Lipinski definition) is 5. The van der Waals surface area contributed by atoms with Crippen LogP contribution in [0.4, 0.5) is 18.9 Å². The summed E-state index contributed by atoms with van der Waals surface area (Å²) in [5, 5.41) is 10.3. The average molecular weight is 447 g/mol. The fraction of sp³-hybridized carbons (Fsp3) is 0.333. The number of carbonyl (C=O) groups is 2. The lowest BCUT2D eigenvalue weighted by molar-refractivity contribution is -0.138. The first-order valence-electron chi connectivity index (χ1n) is 9.98. The molecule has 1 aliphatic heterocycles. The van der Waals surface area contributed by atoms with Crippen LogP contribution >= 0.6 is 0 Å². The number of fused-ring (bicyclic) bond motifs is 1. The van der Waals surface area contributed by atoms with E-state index in [0.717, 1.165) is 12.3 Å². The first-order chi connectivity index (χ1) is 15.3. The molecule has 8 nitrogen and oxygen atoms in total. The summed E-state index contributed by atoms with van der Waals surface area (Å²) in [6.45, 7) is 2.32. The van der Waals surface area contributed by atoms with Gasteiger partial charge in [-0.2, -0.15) is 13.2 Å². The van der Waals surface area contributed by atoms with Crippen LogP contribution in [0.25, 0.3) is 5.65 Å². The summed E-state index contributed by atoms with van der Waals surface area (Å²) in [5.41, 5.74) is -0.0165. The van der Waals surface area contributed by atoms with Crippen molar-refractivity contribution in [2.24, 2.45) is 5.92 Å². The Balaban J connectivity index is 1.45. The van der Waals surface area contributed by atoms with E-state index in [1.807, 2.05) is 6.92 Å². The molecule has 1 aliphatic rings. The van der Waals surface area contributed by atoms with Gasteiger partial charge in [-0.05, 0) is 31.2 Å². The van der Waals surface area contributed by atoms with Gasteiger partial charge in [0, 0.05) is 19.2 Å². The van der Waals surface area contributed by atoms with Gasteiger partial charge >= 0.3 is 6.18 Å². The minimum Gasteiger partial charge on any atom is -0.492 e. The van der Waals surface area contributed by atoms with Gasteiger partial charge in [-0.1, -0.05) is 12.1 Å². The maximum Gasteiger partial charge on any atom is 0.417 e. The summed E-state index contributed by atoms with van der Waals surface area (Å²) < 4.78 is 45.7. The van der Waals surface area contributed by atoms with Crippen molar-refractivity contribution in [2.45, 2.75) is 26.1 Å². The van der Waals surface area contributed by atoms with Gasteiger partial charge in [0.15, 0.2) is 11.5 Å². The van der Waals surface area contributed by atoms with Crippen molar-refractivity contribution in [2.75, 3.05) is 18.1 Å². The molecule has 1 atom stereocenters. The Morgan fingerprint density at radius 1 is 1.22 bits per heavy atom. The van der Waals surface area contributed by atoms with E-state index in [9.17, 15) is 22.8 Å². The highest BCUT2D eigenvalue weighted by molar-refractivity contribution is 6.01. The number of amides is 2. The Labute approximate surface area is 181 Å². The Bertz CT molecular complexity index is 1160. The number of nitrogens with one attached hydrogen (secondary N) is 1. The van der Waals surface area contributed by atoms with E-state index in [0.29, 0.717) is 18.0 Å². The number of benzene rings is 1. The summed E-state index contributed by atoms with van der Waals surface area (Å²) in [6, 6.07) is 9.22. The minimum atomic E-state index is -4.51. The molecule has 3 heterocycles. The molecular weight excluding hydrogens is 427 g/mol. The van der Waals surface area contributed by atoms with Crippen LogP contribution in [0, 0.1) is 5.92 Å². The molecule has 2 amide bonds. The van der Waals surface area contributed by atoms with Crippen molar-refractivity contribution in [3.05, 3.63) is 54.0 Å². The molecule has 32 heavy (non-hydrogen) atoms. The van der Waals surface area contributed by atoms with Gasteiger partial charge in [-0.15, -0.1) is 10.2 Å². The highest BCUT2D eigenvalue weighted by atomic mass is 19.4. The van der Waals surface area contributed by atoms with Gasteiger partial charge in [0.1, 0.15) is 5.75 Å². The molecular formula is C21H20F3N5O3. The smallest absolute Gasteiger partial charge is 0.417 e. The molecule has 1 aromatic carbocycles. The molecule has 3 aromatic rings. The maximum absolute atomic E-state index is 13.0. The highest BCUT2D eigenvalue weighted by Crippen LogP contribution is 2.33. The normalized spacial score (nSPS) is 16.6. The van der Waals surface area contributed by atoms with Gasteiger partial charge in [-0.3, -0.25) is 14.0 Å². The number of nitrogens with zero attached hydrogens (tertiary/aromatic N) is 4. The third kappa shape index (κ3) is 4.23. The number of pyridine rings is 1. The van der Waals surface area contributed by atoms with Gasteiger partial charge in [0.25, 0.3) is 0 Å². The standard InChI is InChI=1S/C21H20F3N5O3/c1-2-32-16-6-4-3-5-15(16)28-11-13(9-19(28)30)20(31)25-10-18-27-26-17-8-7-14(12-29(17)18)21(22,23)24/h3-8,12-13H,2,9-11H2,1H3,(H,25,31)/t13-/m1/s1. The Morgan fingerprint density at radius 3 is 2.75 bits per heavy atom. The summed E-state index contributed by atoms with van der Waals surface area (Å²) in [5.74, 6) is -0.497. The van der Waals surface area contributed by atoms with Crippen molar-refractivity contribution in [3.8, 4) is 5.75 Å². The number of aromatic nitrogens is 3. The van der Waals surface area contributed by atoms with Crippen molar-refractivity contribution in [1.82, 2.24) is 19.9 Å². The quantitative estimate of drug-likeness (QED) is 0.628. The van der Waals surface area contributed by atoms with Crippen molar-refractivity contribution in [3.63, 3.8) is 0 Å². The van der Waals surface area contributed by atoms with Crippen LogP contribution in [0.2, 0.25) is 0 Å². The molecule has 0 radical (unpaired) electrons. The zero-order chi connectivity index (χ0) is 22.9. The molecule has 4 rings (SSSR count). The zero-order valence-corrected chi connectivity index (χ0v) is 17.1. The number of alkyl halides is 3. The second-order valence-corrected chi connectivity index (χ2v) is 7.28. The number of ether oxygens (including phenoxy) is 1. The minimum absolute atomic E-state index is 0.0189. The van der Waals surface area contributed by atoms with Crippen LogP contribution in [0.1, 0.15) is 24.7 Å². The van der Waals surface area contributed by atoms with Gasteiger partial charge in [0.2, 0.25) is 11.8 Å². The molecule has 0 aliphatic carbocycles. The first kappa shape index (κ1) is 21.6. The zero-order valence-electron chi connectivity index (χ0n) is 17.1. The largest absolute Gasteiger partial charge is 0.492 e. The number of para-hydroxylation sites is 2. The van der Waals surface area contributed by atoms with Crippen molar-refractivity contribution >= 4 is 23.1 Å². The summed E-state index contributed by atoms with van der Waals surface area (Å²) in [6.07, 6.45) is -3.60. The molecule has 1 fully saturated rings. The fourth-order valence-electron chi connectivity index (χ4n) is 3.61. The molecule has 1 saturated heterocycles. The van der Waals surface area contributed by atoms with Crippen LogP contribution in [0.3, 0.4) is 0 Å². The summed E-state index contributed by atoms with van der Waals surface area (Å²) in [4.78, 5) is 26.7. The van der Waals surface area contributed by atoms with E-state index in [-0.39, 0.29) is 36.9 Å². The number of carbonyl (C=O) groups excluding carboxylic acids is 2. The van der Waals surface area contributed by atoms with Crippen LogP contribution < -0.4 is 15.0 Å². The number of halogens is 3. The second-order valence-electron chi connectivity index (χ2n) is 7.28. The Kier molecular flexibility index (Phi) is 5.72. The summed E-state index contributed by atoms with van der Waals surface area (Å²) in [7, 11) is 0. The molecule has 2 aromatic heterocycles. The molecule has 1 N–H and O–H groups in total. The Morgan fingerprint density at radius 2 is 2.00 bits per heavy atom. The molecule has 0 saturated carbocycles. The number of hydrogen-bond donors (Lipinski definition) is 1. The molecule has 11 heteroatoms. The number of anilines is 1. The van der Waals surface area contributed by atoms with Gasteiger partial charge in [0.05, 0.1) is 30.3 Å². The lowest BCUT2D eigenvalue weighted by atomic mass is 10.1. The second kappa shape index (κ2) is 8.48. The van der Waals surface area contributed by atoms with Crippen LogP contribution in [0.5, 0.6) is 5.75 Å². The average Bonchev–Trinajstić information content (AvgIpc) is 3.35. The molecule has 0 unspecified atom stereocenters. The van der Waals surface area contributed by atoms with Crippen molar-refractivity contribution < 1.29 is 27.5 Å². The van der Waals surface area contributed by atoms with E-state index in [1.54, 1.807) is 24.3 Å².